The molecule has 0 radical (unpaired) electrons. The number of nitrogens with two attached hydrogens (primary N) is 1. The molecule has 3 rings (SSSR count). The smallest absolute Gasteiger partial charge is 0.0702 e. The van der Waals surface area contributed by atoms with Gasteiger partial charge in [-0.05, 0) is 23.8 Å². The molecule has 0 spiro atoms. The zero-order chi connectivity index (χ0) is 12.4. The van der Waals surface area contributed by atoms with Gasteiger partial charge in [0.25, 0.3) is 0 Å². The van der Waals surface area contributed by atoms with Crippen LogP contribution in [0.15, 0.2) is 55.0 Å². The van der Waals surface area contributed by atoms with Crippen LogP contribution >= 0.6 is 0 Å². The third kappa shape index (κ3) is 1.96. The predicted octanol–water partition coefficient (Wildman–Crippen LogP) is 2.76. The van der Waals surface area contributed by atoms with Gasteiger partial charge in [0.15, 0.2) is 0 Å². The monoisotopic (exact) mass is 235 g/mol. The van der Waals surface area contributed by atoms with Crippen molar-refractivity contribution in [2.24, 2.45) is 5.73 Å². The van der Waals surface area contributed by atoms with Crippen LogP contribution in [0, 0.1) is 0 Å². The number of hydrogen-bond donors (Lipinski definition) is 1. The standard InChI is InChI=1S/C15H13N3/c16-7-11-5-13(9-17-8-11)14-6-12-3-1-2-4-15(12)18-10-14/h1-6,8-10H,7,16H2. The van der Waals surface area contributed by atoms with Crippen LogP contribution in [0.1, 0.15) is 5.56 Å². The van der Waals surface area contributed by atoms with Crippen LogP contribution in [-0.2, 0) is 6.54 Å². The summed E-state index contributed by atoms with van der Waals surface area (Å²) in [5, 5.41) is 1.13. The minimum atomic E-state index is 0.502. The number of fused-ring (bicyclic) bond motifs is 1. The molecule has 2 heterocycles. The van der Waals surface area contributed by atoms with Crippen molar-refractivity contribution < 1.29 is 0 Å². The quantitative estimate of drug-likeness (QED) is 0.743. The lowest BCUT2D eigenvalue weighted by atomic mass is 10.1. The summed E-state index contributed by atoms with van der Waals surface area (Å²) in [6.07, 6.45) is 5.50. The minimum Gasteiger partial charge on any atom is -0.326 e. The zero-order valence-electron chi connectivity index (χ0n) is 9.88. The fourth-order valence-corrected chi connectivity index (χ4v) is 1.99. The molecule has 0 saturated carbocycles. The number of para-hydroxylation sites is 1. The van der Waals surface area contributed by atoms with Gasteiger partial charge in [0.1, 0.15) is 0 Å². The van der Waals surface area contributed by atoms with Gasteiger partial charge in [0, 0.05) is 41.6 Å². The Labute approximate surface area is 105 Å². The SMILES string of the molecule is NCc1cncc(-c2cnc3ccccc3c2)c1. The van der Waals surface area contributed by atoms with E-state index in [1.165, 1.54) is 0 Å². The van der Waals surface area contributed by atoms with Crippen LogP contribution in [0.25, 0.3) is 22.0 Å². The molecule has 88 valence electrons. The molecule has 2 aromatic heterocycles. The average Bonchev–Trinajstić information content (AvgIpc) is 2.47. The summed E-state index contributed by atoms with van der Waals surface area (Å²) in [6, 6.07) is 12.3. The number of benzene rings is 1. The molecule has 18 heavy (non-hydrogen) atoms. The van der Waals surface area contributed by atoms with E-state index < -0.39 is 0 Å². The van der Waals surface area contributed by atoms with Crippen LogP contribution in [-0.4, -0.2) is 9.97 Å². The average molecular weight is 235 g/mol. The maximum Gasteiger partial charge on any atom is 0.0702 e. The first-order valence-electron chi connectivity index (χ1n) is 5.86. The van der Waals surface area contributed by atoms with Crippen molar-refractivity contribution in [1.82, 2.24) is 9.97 Å². The van der Waals surface area contributed by atoms with Crippen LogP contribution in [0.3, 0.4) is 0 Å². The van der Waals surface area contributed by atoms with Crippen LogP contribution in [0.2, 0.25) is 0 Å². The van der Waals surface area contributed by atoms with E-state index in [0.717, 1.165) is 27.6 Å². The van der Waals surface area contributed by atoms with E-state index in [2.05, 4.69) is 28.2 Å². The number of rotatable bonds is 2. The van der Waals surface area contributed by atoms with Crippen LogP contribution < -0.4 is 5.73 Å². The third-order valence-electron chi connectivity index (χ3n) is 2.95. The van der Waals surface area contributed by atoms with Crippen molar-refractivity contribution in [1.29, 1.82) is 0 Å². The number of nitrogens with zero attached hydrogens (tertiary/aromatic N) is 2. The van der Waals surface area contributed by atoms with Crippen molar-refractivity contribution in [3.05, 3.63) is 60.6 Å². The highest BCUT2D eigenvalue weighted by atomic mass is 14.7. The number of pyridine rings is 2. The second-order valence-electron chi connectivity index (χ2n) is 4.20. The zero-order valence-corrected chi connectivity index (χ0v) is 9.88. The Balaban J connectivity index is 2.13. The summed E-state index contributed by atoms with van der Waals surface area (Å²) in [5.41, 5.74) is 9.78. The van der Waals surface area contributed by atoms with E-state index in [1.54, 1.807) is 6.20 Å². The number of hydrogen-bond acceptors (Lipinski definition) is 3. The summed E-state index contributed by atoms with van der Waals surface area (Å²) in [5.74, 6) is 0. The van der Waals surface area contributed by atoms with Gasteiger partial charge in [-0.2, -0.15) is 0 Å². The Hall–Kier alpha value is -2.26. The maximum absolute atomic E-state index is 5.63. The van der Waals surface area contributed by atoms with Crippen LogP contribution in [0.5, 0.6) is 0 Å². The molecule has 0 bridgehead atoms. The first-order valence-corrected chi connectivity index (χ1v) is 5.86. The Bertz CT molecular complexity index is 692. The molecule has 3 nitrogen and oxygen atoms in total. The normalized spacial score (nSPS) is 10.7. The van der Waals surface area contributed by atoms with E-state index >= 15 is 0 Å². The second kappa shape index (κ2) is 4.55. The van der Waals surface area contributed by atoms with Crippen molar-refractivity contribution in [3.8, 4) is 11.1 Å². The first-order chi connectivity index (χ1) is 8.86. The van der Waals surface area contributed by atoms with Crippen molar-refractivity contribution in [2.45, 2.75) is 6.54 Å². The highest BCUT2D eigenvalue weighted by Crippen LogP contribution is 2.22. The topological polar surface area (TPSA) is 51.8 Å². The lowest BCUT2D eigenvalue weighted by molar-refractivity contribution is 1.05. The van der Waals surface area contributed by atoms with E-state index in [4.69, 9.17) is 5.73 Å². The van der Waals surface area contributed by atoms with Crippen molar-refractivity contribution >= 4 is 10.9 Å². The van der Waals surface area contributed by atoms with Crippen LogP contribution in [0.4, 0.5) is 0 Å². The molecule has 3 aromatic rings. The largest absolute Gasteiger partial charge is 0.326 e. The highest BCUT2D eigenvalue weighted by molar-refractivity contribution is 5.83. The maximum atomic E-state index is 5.63. The summed E-state index contributed by atoms with van der Waals surface area (Å²) >= 11 is 0. The molecule has 0 amide bonds. The molecule has 0 aliphatic heterocycles. The third-order valence-corrected chi connectivity index (χ3v) is 2.95. The molecule has 2 N–H and O–H groups in total. The molecule has 0 aliphatic rings. The molecular weight excluding hydrogens is 222 g/mol. The van der Waals surface area contributed by atoms with Gasteiger partial charge >= 0.3 is 0 Å². The van der Waals surface area contributed by atoms with E-state index in [-0.39, 0.29) is 0 Å². The molecule has 0 aliphatic carbocycles. The second-order valence-corrected chi connectivity index (χ2v) is 4.20. The minimum absolute atomic E-state index is 0.502. The van der Waals surface area contributed by atoms with Gasteiger partial charge < -0.3 is 5.73 Å². The summed E-state index contributed by atoms with van der Waals surface area (Å²) < 4.78 is 0. The van der Waals surface area contributed by atoms with Gasteiger partial charge in [0.05, 0.1) is 5.52 Å². The van der Waals surface area contributed by atoms with Gasteiger partial charge in [-0.3, -0.25) is 9.97 Å². The highest BCUT2D eigenvalue weighted by Gasteiger charge is 2.02. The van der Waals surface area contributed by atoms with Gasteiger partial charge in [0.2, 0.25) is 0 Å². The fourth-order valence-electron chi connectivity index (χ4n) is 1.99. The number of aromatic nitrogens is 2. The predicted molar refractivity (Wildman–Crippen MR) is 72.9 cm³/mol. The molecule has 0 saturated heterocycles. The van der Waals surface area contributed by atoms with Gasteiger partial charge in [-0.25, -0.2) is 0 Å². The van der Waals surface area contributed by atoms with Gasteiger partial charge in [-0.1, -0.05) is 18.2 Å². The first kappa shape index (κ1) is 10.9. The van der Waals surface area contributed by atoms with E-state index in [0.29, 0.717) is 6.54 Å². The Morgan fingerprint density at radius 3 is 2.67 bits per heavy atom. The Morgan fingerprint density at radius 1 is 0.944 bits per heavy atom. The molecular formula is C15H13N3. The molecule has 0 fully saturated rings. The van der Waals surface area contributed by atoms with Gasteiger partial charge in [-0.15, -0.1) is 0 Å². The van der Waals surface area contributed by atoms with Crippen molar-refractivity contribution in [2.75, 3.05) is 0 Å². The Morgan fingerprint density at radius 2 is 1.78 bits per heavy atom. The summed E-state index contributed by atoms with van der Waals surface area (Å²) in [6.45, 7) is 0.502. The lowest BCUT2D eigenvalue weighted by Crippen LogP contribution is -1.97. The lowest BCUT2D eigenvalue weighted by Gasteiger charge is -2.04. The summed E-state index contributed by atoms with van der Waals surface area (Å²) in [4.78, 5) is 8.66. The molecule has 1 aromatic carbocycles. The Kier molecular flexibility index (Phi) is 2.74. The molecule has 0 unspecified atom stereocenters. The summed E-state index contributed by atoms with van der Waals surface area (Å²) in [7, 11) is 0. The molecule has 3 heteroatoms. The fraction of sp³-hybridized carbons (Fsp3) is 0.0667. The van der Waals surface area contributed by atoms with Crippen molar-refractivity contribution in [3.63, 3.8) is 0 Å². The van der Waals surface area contributed by atoms with E-state index in [1.807, 2.05) is 30.6 Å². The molecule has 0 atom stereocenters. The van der Waals surface area contributed by atoms with E-state index in [9.17, 15) is 0 Å².